The van der Waals surface area contributed by atoms with Gasteiger partial charge in [0, 0.05) is 6.92 Å². The summed E-state index contributed by atoms with van der Waals surface area (Å²) in [5.74, 6) is 10.2. The highest BCUT2D eigenvalue weighted by Gasteiger charge is 2.01. The van der Waals surface area contributed by atoms with Gasteiger partial charge in [0.05, 0.1) is 6.10 Å². The first-order valence-electron chi connectivity index (χ1n) is 7.75. The van der Waals surface area contributed by atoms with Gasteiger partial charge in [0.1, 0.15) is 0 Å². The fraction of sp³-hybridized carbons (Fsp3) is 0.526. The quantitative estimate of drug-likeness (QED) is 0.307. The molecule has 0 spiro atoms. The summed E-state index contributed by atoms with van der Waals surface area (Å²) in [6.07, 6.45) is 10.3. The van der Waals surface area contributed by atoms with Gasteiger partial charge in [0.25, 0.3) is 0 Å². The Hall–Kier alpha value is -1.97. The second kappa shape index (κ2) is 14.0. The highest BCUT2D eigenvalue weighted by atomic mass is 16.5. The Kier molecular flexibility index (Phi) is 12.7. The number of hydrogen-bond acceptors (Lipinski definition) is 3. The van der Waals surface area contributed by atoms with E-state index in [0.29, 0.717) is 0 Å². The number of aliphatic hydroxyl groups excluding tert-OH is 1. The molecule has 0 aromatic heterocycles. The number of ether oxygens (including phenoxy) is 1. The largest absolute Gasteiger partial charge is 0.445 e. The predicted octanol–water partition coefficient (Wildman–Crippen LogP) is 3.39. The van der Waals surface area contributed by atoms with E-state index in [2.05, 4.69) is 37.2 Å². The molecule has 3 heteroatoms. The van der Waals surface area contributed by atoms with Crippen LogP contribution in [0.1, 0.15) is 52.4 Å². The van der Waals surface area contributed by atoms with Gasteiger partial charge in [-0.3, -0.25) is 4.79 Å². The van der Waals surface area contributed by atoms with E-state index in [9.17, 15) is 9.90 Å². The Balaban J connectivity index is 4.02. The molecule has 3 nitrogen and oxygen atoms in total. The van der Waals surface area contributed by atoms with Crippen molar-refractivity contribution in [1.29, 1.82) is 0 Å². The molecular weight excluding hydrogens is 276 g/mol. The Morgan fingerprint density at radius 3 is 2.64 bits per heavy atom. The highest BCUT2D eigenvalue weighted by Crippen LogP contribution is 2.07. The normalized spacial score (nSPS) is 12.5. The average Bonchev–Trinajstić information content (AvgIpc) is 2.48. The van der Waals surface area contributed by atoms with Gasteiger partial charge in [-0.05, 0) is 42.4 Å². The van der Waals surface area contributed by atoms with Crippen LogP contribution in [0.2, 0.25) is 0 Å². The number of rotatable bonds is 9. The number of unbranched alkanes of at least 4 members (excludes halogenated alkanes) is 4. The second-order valence-electron chi connectivity index (χ2n) is 4.93. The van der Waals surface area contributed by atoms with E-state index >= 15 is 0 Å². The van der Waals surface area contributed by atoms with Crippen LogP contribution < -0.4 is 0 Å². The van der Waals surface area contributed by atoms with Crippen molar-refractivity contribution in [2.24, 2.45) is 0 Å². The summed E-state index contributed by atoms with van der Waals surface area (Å²) in [5.41, 5.74) is 0. The smallest absolute Gasteiger partial charge is 0.304 e. The SMILES string of the molecule is C=C[C@H](C#CC#C/C=C/[C@H](O)CCCCCCC)OC(C)=O. The minimum absolute atomic E-state index is 0.408. The van der Waals surface area contributed by atoms with Crippen LogP contribution in [-0.2, 0) is 9.53 Å². The minimum Gasteiger partial charge on any atom is -0.445 e. The van der Waals surface area contributed by atoms with Gasteiger partial charge in [-0.25, -0.2) is 0 Å². The van der Waals surface area contributed by atoms with Gasteiger partial charge in [-0.2, -0.15) is 0 Å². The molecule has 0 aromatic rings. The zero-order valence-corrected chi connectivity index (χ0v) is 13.6. The second-order valence-corrected chi connectivity index (χ2v) is 4.93. The van der Waals surface area contributed by atoms with Crippen LogP contribution in [0, 0.1) is 23.7 Å². The number of carbonyl (C=O) groups is 1. The molecule has 0 unspecified atom stereocenters. The molecule has 0 bridgehead atoms. The molecule has 0 radical (unpaired) electrons. The lowest BCUT2D eigenvalue weighted by atomic mass is 10.1. The van der Waals surface area contributed by atoms with Crippen molar-refractivity contribution < 1.29 is 14.6 Å². The fourth-order valence-electron chi connectivity index (χ4n) is 1.71. The van der Waals surface area contributed by atoms with Gasteiger partial charge in [0.2, 0.25) is 0 Å². The summed E-state index contributed by atoms with van der Waals surface area (Å²) >= 11 is 0. The number of hydrogen-bond donors (Lipinski definition) is 1. The molecule has 0 amide bonds. The summed E-state index contributed by atoms with van der Waals surface area (Å²) in [7, 11) is 0. The lowest BCUT2D eigenvalue weighted by Gasteiger charge is -2.04. The van der Waals surface area contributed by atoms with Crippen molar-refractivity contribution in [1.82, 2.24) is 0 Å². The molecule has 0 aliphatic heterocycles. The number of allylic oxidation sites excluding steroid dienone is 1. The average molecular weight is 302 g/mol. The Labute approximate surface area is 134 Å². The van der Waals surface area contributed by atoms with Crippen molar-refractivity contribution >= 4 is 5.97 Å². The van der Waals surface area contributed by atoms with Crippen LogP contribution in [0.15, 0.2) is 24.8 Å². The van der Waals surface area contributed by atoms with Crippen molar-refractivity contribution in [2.45, 2.75) is 64.6 Å². The van der Waals surface area contributed by atoms with Gasteiger partial charge < -0.3 is 9.84 Å². The molecule has 0 saturated carbocycles. The maximum absolute atomic E-state index is 10.8. The molecular formula is C19H26O3. The van der Waals surface area contributed by atoms with Crippen molar-refractivity contribution in [2.75, 3.05) is 0 Å². The Morgan fingerprint density at radius 1 is 1.27 bits per heavy atom. The van der Waals surface area contributed by atoms with Crippen molar-refractivity contribution in [3.8, 4) is 23.7 Å². The maximum Gasteiger partial charge on any atom is 0.304 e. The summed E-state index contributed by atoms with van der Waals surface area (Å²) in [5, 5.41) is 9.73. The molecule has 0 heterocycles. The third-order valence-corrected chi connectivity index (χ3v) is 2.86. The molecule has 0 rings (SSSR count). The monoisotopic (exact) mass is 302 g/mol. The number of aliphatic hydroxyl groups is 1. The molecule has 2 atom stereocenters. The molecule has 0 aliphatic rings. The molecule has 0 aliphatic carbocycles. The minimum atomic E-state index is -0.635. The Morgan fingerprint density at radius 2 is 2.00 bits per heavy atom. The van der Waals surface area contributed by atoms with Crippen LogP contribution >= 0.6 is 0 Å². The van der Waals surface area contributed by atoms with E-state index < -0.39 is 18.2 Å². The molecule has 0 aromatic carbocycles. The molecule has 0 fully saturated rings. The van der Waals surface area contributed by atoms with E-state index in [-0.39, 0.29) is 0 Å². The molecule has 0 saturated heterocycles. The number of carbonyl (C=O) groups excluding carboxylic acids is 1. The van der Waals surface area contributed by atoms with E-state index in [1.165, 1.54) is 32.3 Å². The predicted molar refractivity (Wildman–Crippen MR) is 89.8 cm³/mol. The van der Waals surface area contributed by atoms with E-state index in [1.807, 2.05) is 0 Å². The third-order valence-electron chi connectivity index (χ3n) is 2.86. The lowest BCUT2D eigenvalue weighted by Crippen LogP contribution is -2.10. The first-order valence-corrected chi connectivity index (χ1v) is 7.75. The first-order chi connectivity index (χ1) is 10.6. The highest BCUT2D eigenvalue weighted by molar-refractivity contribution is 5.66. The van der Waals surface area contributed by atoms with Gasteiger partial charge in [-0.1, -0.05) is 51.5 Å². The van der Waals surface area contributed by atoms with Crippen LogP contribution in [0.5, 0.6) is 0 Å². The van der Waals surface area contributed by atoms with Crippen molar-refractivity contribution in [3.05, 3.63) is 24.8 Å². The lowest BCUT2D eigenvalue weighted by molar-refractivity contribution is -0.142. The third kappa shape index (κ3) is 13.0. The molecule has 22 heavy (non-hydrogen) atoms. The summed E-state index contributed by atoms with van der Waals surface area (Å²) in [4.78, 5) is 10.8. The first kappa shape index (κ1) is 20.0. The summed E-state index contributed by atoms with van der Waals surface area (Å²) < 4.78 is 4.86. The Bertz CT molecular complexity index is 468. The molecule has 1 N–H and O–H groups in total. The fourth-order valence-corrected chi connectivity index (χ4v) is 1.71. The van der Waals surface area contributed by atoms with Gasteiger partial charge in [-0.15, -0.1) is 0 Å². The summed E-state index contributed by atoms with van der Waals surface area (Å²) in [6.45, 7) is 7.02. The van der Waals surface area contributed by atoms with Crippen LogP contribution in [0.3, 0.4) is 0 Å². The van der Waals surface area contributed by atoms with Gasteiger partial charge in [0.15, 0.2) is 6.10 Å². The van der Waals surface area contributed by atoms with Crippen LogP contribution in [0.4, 0.5) is 0 Å². The standard InChI is InChI=1S/C19H26O3/c1-4-6-7-8-11-14-18(21)15-12-9-10-13-16-19(5-2)22-17(3)20/h5,12,15,18-19,21H,2,4,6-8,11,14H2,1,3H3/b15-12+/t18-,19-/m1/s1. The van der Waals surface area contributed by atoms with E-state index in [4.69, 9.17) is 4.74 Å². The number of esters is 1. The van der Waals surface area contributed by atoms with E-state index in [0.717, 1.165) is 19.3 Å². The zero-order chi connectivity index (χ0) is 16.6. The van der Waals surface area contributed by atoms with E-state index in [1.54, 1.807) is 12.2 Å². The van der Waals surface area contributed by atoms with Crippen molar-refractivity contribution in [3.63, 3.8) is 0 Å². The topological polar surface area (TPSA) is 46.5 Å². The zero-order valence-electron chi connectivity index (χ0n) is 13.6. The van der Waals surface area contributed by atoms with Crippen LogP contribution in [0.25, 0.3) is 0 Å². The maximum atomic E-state index is 10.8. The summed E-state index contributed by atoms with van der Waals surface area (Å²) in [6, 6.07) is 0. The van der Waals surface area contributed by atoms with Gasteiger partial charge >= 0.3 is 5.97 Å². The molecule has 120 valence electrons. The van der Waals surface area contributed by atoms with Crippen LogP contribution in [-0.4, -0.2) is 23.3 Å².